The minimum atomic E-state index is 0.310. The van der Waals surface area contributed by atoms with Crippen LogP contribution in [0.4, 0.5) is 5.95 Å². The fourth-order valence-corrected chi connectivity index (χ4v) is 2.03. The molecule has 2 aromatic carbocycles. The van der Waals surface area contributed by atoms with Crippen molar-refractivity contribution >= 4 is 16.9 Å². The summed E-state index contributed by atoms with van der Waals surface area (Å²) >= 11 is 0. The summed E-state index contributed by atoms with van der Waals surface area (Å²) in [5, 5.41) is 1.02. The van der Waals surface area contributed by atoms with Gasteiger partial charge in [-0.1, -0.05) is 48.0 Å². The number of aromatic nitrogens is 2. The van der Waals surface area contributed by atoms with Gasteiger partial charge in [0.2, 0.25) is 5.95 Å². The first-order valence-electron chi connectivity index (χ1n) is 5.83. The van der Waals surface area contributed by atoms with Crippen LogP contribution in [0.2, 0.25) is 0 Å². The molecule has 88 valence electrons. The first kappa shape index (κ1) is 10.7. The van der Waals surface area contributed by atoms with Crippen LogP contribution in [0.3, 0.4) is 0 Å². The third kappa shape index (κ3) is 1.80. The molecule has 3 aromatic rings. The van der Waals surface area contributed by atoms with Gasteiger partial charge in [0.25, 0.3) is 0 Å². The van der Waals surface area contributed by atoms with E-state index in [1.54, 1.807) is 0 Å². The van der Waals surface area contributed by atoms with Gasteiger partial charge in [-0.15, -0.1) is 0 Å². The molecule has 0 spiro atoms. The fraction of sp³-hybridized carbons (Fsp3) is 0.0667. The molecule has 2 N–H and O–H groups in total. The summed E-state index contributed by atoms with van der Waals surface area (Å²) < 4.78 is 0. The van der Waals surface area contributed by atoms with Gasteiger partial charge in [0, 0.05) is 10.9 Å². The molecule has 0 aliphatic carbocycles. The summed E-state index contributed by atoms with van der Waals surface area (Å²) in [7, 11) is 0. The number of aryl methyl sites for hydroxylation is 1. The Morgan fingerprint density at radius 1 is 0.889 bits per heavy atom. The number of nitrogens with two attached hydrogens (primary N) is 1. The molecule has 18 heavy (non-hydrogen) atoms. The Morgan fingerprint density at radius 3 is 2.39 bits per heavy atom. The maximum Gasteiger partial charge on any atom is 0.221 e. The molecule has 3 rings (SSSR count). The lowest BCUT2D eigenvalue weighted by molar-refractivity contribution is 1.24. The van der Waals surface area contributed by atoms with E-state index in [0.717, 1.165) is 22.2 Å². The zero-order chi connectivity index (χ0) is 12.5. The second-order valence-corrected chi connectivity index (χ2v) is 4.31. The fourth-order valence-electron chi connectivity index (χ4n) is 2.03. The summed E-state index contributed by atoms with van der Waals surface area (Å²) in [6, 6.07) is 16.2. The zero-order valence-electron chi connectivity index (χ0n) is 10.1. The molecule has 0 amide bonds. The van der Waals surface area contributed by atoms with Crippen molar-refractivity contribution in [1.82, 2.24) is 9.97 Å². The van der Waals surface area contributed by atoms with Crippen molar-refractivity contribution in [3.63, 3.8) is 0 Å². The third-order valence-electron chi connectivity index (χ3n) is 2.95. The van der Waals surface area contributed by atoms with Gasteiger partial charge in [-0.2, -0.15) is 0 Å². The normalized spacial score (nSPS) is 10.7. The summed E-state index contributed by atoms with van der Waals surface area (Å²) in [5.74, 6) is 0.310. The van der Waals surface area contributed by atoms with E-state index in [4.69, 9.17) is 5.73 Å². The summed E-state index contributed by atoms with van der Waals surface area (Å²) in [5.41, 5.74) is 9.82. The first-order chi connectivity index (χ1) is 8.74. The monoisotopic (exact) mass is 235 g/mol. The molecular weight excluding hydrogens is 222 g/mol. The molecule has 1 heterocycles. The average molecular weight is 235 g/mol. The second kappa shape index (κ2) is 4.11. The molecule has 0 bridgehead atoms. The first-order valence-corrected chi connectivity index (χ1v) is 5.83. The van der Waals surface area contributed by atoms with Crippen LogP contribution in [-0.4, -0.2) is 9.97 Å². The molecule has 0 saturated carbocycles. The van der Waals surface area contributed by atoms with Gasteiger partial charge in [0.05, 0.1) is 11.2 Å². The minimum Gasteiger partial charge on any atom is -0.368 e. The Kier molecular flexibility index (Phi) is 2.45. The molecule has 0 unspecified atom stereocenters. The van der Waals surface area contributed by atoms with Gasteiger partial charge in [-0.3, -0.25) is 0 Å². The summed E-state index contributed by atoms with van der Waals surface area (Å²) in [6.45, 7) is 2.07. The van der Waals surface area contributed by atoms with Gasteiger partial charge in [-0.25, -0.2) is 9.97 Å². The Morgan fingerprint density at radius 2 is 1.61 bits per heavy atom. The molecule has 0 radical (unpaired) electrons. The van der Waals surface area contributed by atoms with Crippen molar-refractivity contribution in [2.75, 3.05) is 5.73 Å². The van der Waals surface area contributed by atoms with Gasteiger partial charge < -0.3 is 5.73 Å². The number of nitrogen functional groups attached to an aromatic ring is 1. The lowest BCUT2D eigenvalue weighted by Gasteiger charge is -2.07. The van der Waals surface area contributed by atoms with Crippen LogP contribution >= 0.6 is 0 Å². The number of benzene rings is 2. The van der Waals surface area contributed by atoms with E-state index >= 15 is 0 Å². The quantitative estimate of drug-likeness (QED) is 0.704. The maximum absolute atomic E-state index is 5.77. The largest absolute Gasteiger partial charge is 0.368 e. The van der Waals surface area contributed by atoms with Crippen LogP contribution in [0, 0.1) is 6.92 Å². The van der Waals surface area contributed by atoms with Crippen LogP contribution in [0.25, 0.3) is 22.2 Å². The van der Waals surface area contributed by atoms with Gasteiger partial charge in [0.1, 0.15) is 0 Å². The predicted molar refractivity (Wildman–Crippen MR) is 74.1 cm³/mol. The van der Waals surface area contributed by atoms with Crippen LogP contribution in [0.1, 0.15) is 5.56 Å². The third-order valence-corrected chi connectivity index (χ3v) is 2.95. The highest BCUT2D eigenvalue weighted by atomic mass is 15.0. The van der Waals surface area contributed by atoms with Crippen LogP contribution in [-0.2, 0) is 0 Å². The van der Waals surface area contributed by atoms with Crippen molar-refractivity contribution in [2.24, 2.45) is 0 Å². The van der Waals surface area contributed by atoms with E-state index in [1.807, 2.05) is 24.3 Å². The van der Waals surface area contributed by atoms with E-state index in [0.29, 0.717) is 5.95 Å². The van der Waals surface area contributed by atoms with Gasteiger partial charge in [0.15, 0.2) is 0 Å². The van der Waals surface area contributed by atoms with Crippen LogP contribution in [0.5, 0.6) is 0 Å². The van der Waals surface area contributed by atoms with Crippen LogP contribution in [0.15, 0.2) is 48.5 Å². The minimum absolute atomic E-state index is 0.310. The highest BCUT2D eigenvalue weighted by molar-refractivity contribution is 5.92. The molecular formula is C15H13N3. The van der Waals surface area contributed by atoms with Crippen molar-refractivity contribution in [1.29, 1.82) is 0 Å². The summed E-state index contributed by atoms with van der Waals surface area (Å²) in [4.78, 5) is 8.61. The zero-order valence-corrected chi connectivity index (χ0v) is 10.1. The maximum atomic E-state index is 5.77. The highest BCUT2D eigenvalue weighted by Gasteiger charge is 2.07. The number of para-hydroxylation sites is 1. The molecule has 3 nitrogen and oxygen atoms in total. The van der Waals surface area contributed by atoms with Crippen molar-refractivity contribution in [3.8, 4) is 11.3 Å². The standard InChI is InChI=1S/C15H13N3/c1-10-6-8-11(9-7-10)14-12-4-2-3-5-13(12)17-15(16)18-14/h2-9H,1H3,(H2,16,17,18). The lowest BCUT2D eigenvalue weighted by Crippen LogP contribution is -1.97. The molecule has 0 fully saturated rings. The number of hydrogen-bond donors (Lipinski definition) is 1. The highest BCUT2D eigenvalue weighted by Crippen LogP contribution is 2.26. The summed E-state index contributed by atoms with van der Waals surface area (Å²) in [6.07, 6.45) is 0. The molecule has 0 saturated heterocycles. The number of rotatable bonds is 1. The Hall–Kier alpha value is -2.42. The Labute approximate surface area is 105 Å². The SMILES string of the molecule is Cc1ccc(-c2nc(N)nc3ccccc23)cc1. The van der Waals surface area contributed by atoms with E-state index in [-0.39, 0.29) is 0 Å². The molecule has 0 atom stereocenters. The smallest absolute Gasteiger partial charge is 0.221 e. The van der Waals surface area contributed by atoms with E-state index in [1.165, 1.54) is 5.56 Å². The van der Waals surface area contributed by atoms with E-state index in [2.05, 4.69) is 41.2 Å². The number of nitrogens with zero attached hydrogens (tertiary/aromatic N) is 2. The lowest BCUT2D eigenvalue weighted by atomic mass is 10.1. The average Bonchev–Trinajstić information content (AvgIpc) is 2.38. The molecule has 0 aliphatic heterocycles. The van der Waals surface area contributed by atoms with Gasteiger partial charge in [-0.05, 0) is 13.0 Å². The number of hydrogen-bond acceptors (Lipinski definition) is 3. The van der Waals surface area contributed by atoms with Gasteiger partial charge >= 0.3 is 0 Å². The second-order valence-electron chi connectivity index (χ2n) is 4.31. The number of fused-ring (bicyclic) bond motifs is 1. The van der Waals surface area contributed by atoms with Crippen molar-refractivity contribution < 1.29 is 0 Å². The van der Waals surface area contributed by atoms with Crippen molar-refractivity contribution in [2.45, 2.75) is 6.92 Å². The van der Waals surface area contributed by atoms with E-state index in [9.17, 15) is 0 Å². The van der Waals surface area contributed by atoms with Crippen LogP contribution < -0.4 is 5.73 Å². The molecule has 0 aliphatic rings. The number of anilines is 1. The topological polar surface area (TPSA) is 51.8 Å². The Bertz CT molecular complexity index is 703. The molecule has 3 heteroatoms. The molecule has 1 aromatic heterocycles. The Balaban J connectivity index is 2.31. The predicted octanol–water partition coefficient (Wildman–Crippen LogP) is 3.19. The van der Waals surface area contributed by atoms with Crippen molar-refractivity contribution in [3.05, 3.63) is 54.1 Å². The van der Waals surface area contributed by atoms with E-state index < -0.39 is 0 Å².